The summed E-state index contributed by atoms with van der Waals surface area (Å²) in [4.78, 5) is 104. The number of rotatable bonds is 17. The van der Waals surface area contributed by atoms with Gasteiger partial charge in [0, 0.05) is 113 Å². The summed E-state index contributed by atoms with van der Waals surface area (Å²) in [6, 6.07) is 37.7. The van der Waals surface area contributed by atoms with Crippen molar-refractivity contribution in [1.82, 2.24) is 29.7 Å². The summed E-state index contributed by atoms with van der Waals surface area (Å²) in [6.07, 6.45) is -4.92. The van der Waals surface area contributed by atoms with Crippen LogP contribution in [0.1, 0.15) is 90.0 Å². The zero-order chi connectivity index (χ0) is 75.2. The third kappa shape index (κ3) is 20.0. The van der Waals surface area contributed by atoms with Crippen LogP contribution in [0.25, 0.3) is 0 Å². The van der Waals surface area contributed by atoms with E-state index in [1.807, 2.05) is 31.1 Å². The Morgan fingerprint density at radius 3 is 1.07 bits per heavy atom. The second-order valence-electron chi connectivity index (χ2n) is 22.8. The van der Waals surface area contributed by atoms with E-state index in [1.165, 1.54) is 56.9 Å². The average Bonchev–Trinajstić information content (AvgIpc) is 1.57. The molecular weight excluding hydrogens is 1560 g/mol. The van der Waals surface area contributed by atoms with Crippen molar-refractivity contribution < 1.29 is 64.6 Å². The van der Waals surface area contributed by atoms with Crippen LogP contribution >= 0.6 is 47.8 Å². The van der Waals surface area contributed by atoms with Gasteiger partial charge in [-0.1, -0.05) is 36.4 Å². The molecule has 9 aromatic rings. The van der Waals surface area contributed by atoms with Crippen molar-refractivity contribution in [2.24, 2.45) is 9.98 Å². The first kappa shape index (κ1) is 76.8. The predicted molar refractivity (Wildman–Crippen MR) is 394 cm³/mol. The second kappa shape index (κ2) is 34.1. The lowest BCUT2D eigenvalue weighted by atomic mass is 10.1. The molecule has 6 aromatic carbocycles. The number of ether oxygens (including phenoxy) is 2. The summed E-state index contributed by atoms with van der Waals surface area (Å²) in [5.74, 6) is -0.435. The number of carbonyl (C=O) groups excluding carboxylic acids is 6. The van der Waals surface area contributed by atoms with Crippen LogP contribution < -0.4 is 41.4 Å². The van der Waals surface area contributed by atoms with E-state index in [2.05, 4.69) is 110 Å². The van der Waals surface area contributed by atoms with Crippen molar-refractivity contribution in [3.05, 3.63) is 251 Å². The van der Waals surface area contributed by atoms with Crippen molar-refractivity contribution in [3.63, 3.8) is 0 Å². The van der Waals surface area contributed by atoms with E-state index in [0.29, 0.717) is 56.1 Å². The van der Waals surface area contributed by atoms with Gasteiger partial charge in [-0.25, -0.2) is 15.0 Å². The van der Waals surface area contributed by atoms with Gasteiger partial charge in [0.25, 0.3) is 35.4 Å². The van der Waals surface area contributed by atoms with Crippen LogP contribution in [0.3, 0.4) is 0 Å². The van der Waals surface area contributed by atoms with Gasteiger partial charge < -0.3 is 56.1 Å². The van der Waals surface area contributed by atoms with Gasteiger partial charge in [0.15, 0.2) is 11.5 Å². The molecule has 0 spiro atoms. The number of halogens is 9. The number of carbonyl (C=O) groups is 6. The van der Waals surface area contributed by atoms with Crippen LogP contribution in [-0.4, -0.2) is 151 Å². The highest BCUT2D eigenvalue weighted by atomic mass is 79.9. The number of likely N-dealkylation sites (N-methyl/N-ethyl adjacent to an activating group) is 2. The maximum absolute atomic E-state index is 13.3. The molecule has 23 nitrogen and oxygen atoms in total. The molecule has 32 heteroatoms. The number of amidine groups is 3. The first-order valence-electron chi connectivity index (χ1n) is 31.0. The zero-order valence-electron chi connectivity index (χ0n) is 55.8. The molecule has 0 radical (unpaired) electrons. The number of aromatic nitrogens is 3. The van der Waals surface area contributed by atoms with E-state index in [-0.39, 0.29) is 68.3 Å². The largest absolute Gasteiger partial charge is 0.493 e. The van der Waals surface area contributed by atoms with Crippen LogP contribution in [0.15, 0.2) is 200 Å². The van der Waals surface area contributed by atoms with Gasteiger partial charge in [-0.3, -0.25) is 44.2 Å². The molecule has 6 amide bonds. The number of nitrogens with one attached hydrogen (secondary N) is 7. The molecular formula is C72H62Br3F6N15O8. The number of hydrogen-bond donors (Lipinski definition) is 7. The normalized spacial score (nSPS) is 12.4. The molecule has 7 N–H and O–H groups in total. The molecule has 536 valence electrons. The van der Waals surface area contributed by atoms with Gasteiger partial charge in [-0.15, -0.1) is 0 Å². The number of amides is 6. The molecule has 0 saturated carbocycles. The van der Waals surface area contributed by atoms with Crippen LogP contribution in [-0.2, 0) is 12.4 Å². The van der Waals surface area contributed by atoms with E-state index >= 15 is 0 Å². The van der Waals surface area contributed by atoms with Crippen LogP contribution in [0.4, 0.5) is 60.9 Å². The molecule has 2 aliphatic heterocycles. The number of aliphatic imine (C=N–C) groups is 2. The van der Waals surface area contributed by atoms with Crippen molar-refractivity contribution in [2.45, 2.75) is 12.4 Å². The Morgan fingerprint density at radius 2 is 0.760 bits per heavy atom. The lowest BCUT2D eigenvalue weighted by Crippen LogP contribution is -2.23. The third-order valence-electron chi connectivity index (χ3n) is 15.4. The van der Waals surface area contributed by atoms with Gasteiger partial charge in [0.2, 0.25) is 0 Å². The molecule has 0 fully saturated rings. The second-order valence-corrected chi connectivity index (χ2v) is 25.6. The maximum atomic E-state index is 13.3. The first-order valence-corrected chi connectivity index (χ1v) is 33.3. The molecule has 0 aliphatic carbocycles. The summed E-state index contributed by atoms with van der Waals surface area (Å²) in [5.41, 5.74) is 0.796. The molecule has 0 bridgehead atoms. The molecule has 0 unspecified atom stereocenters. The molecule has 5 heterocycles. The predicted octanol–water partition coefficient (Wildman–Crippen LogP) is 14.4. The maximum Gasteiger partial charge on any atom is 0.416 e. The van der Waals surface area contributed by atoms with Crippen LogP contribution in [0.2, 0.25) is 0 Å². The summed E-state index contributed by atoms with van der Waals surface area (Å²) >= 11 is 9.74. The van der Waals surface area contributed by atoms with Crippen molar-refractivity contribution in [1.29, 1.82) is 5.41 Å². The van der Waals surface area contributed by atoms with Gasteiger partial charge in [-0.2, -0.15) is 26.3 Å². The smallest absolute Gasteiger partial charge is 0.416 e. The Bertz CT molecular complexity index is 4750. The molecule has 3 aromatic heterocycles. The Morgan fingerprint density at radius 1 is 0.433 bits per heavy atom. The minimum Gasteiger partial charge on any atom is -0.493 e. The van der Waals surface area contributed by atoms with Crippen molar-refractivity contribution >= 4 is 135 Å². The Kier molecular flexibility index (Phi) is 25.2. The van der Waals surface area contributed by atoms with E-state index < -0.39 is 53.0 Å². The lowest BCUT2D eigenvalue weighted by molar-refractivity contribution is -0.138. The fourth-order valence-corrected chi connectivity index (χ4v) is 10.7. The minimum atomic E-state index is -4.68. The van der Waals surface area contributed by atoms with Crippen LogP contribution in [0, 0.1) is 5.41 Å². The number of benzene rings is 6. The summed E-state index contributed by atoms with van der Waals surface area (Å²) in [7, 11) is 10.3. The van der Waals surface area contributed by atoms with Crippen molar-refractivity contribution in [3.8, 4) is 11.5 Å². The van der Waals surface area contributed by atoms with Crippen molar-refractivity contribution in [2.75, 3.05) is 100 Å². The Labute approximate surface area is 616 Å². The highest BCUT2D eigenvalue weighted by Crippen LogP contribution is 2.37. The molecule has 2 aliphatic rings. The lowest BCUT2D eigenvalue weighted by Gasteiger charge is -2.16. The van der Waals surface area contributed by atoms with E-state index in [1.54, 1.807) is 104 Å². The Hall–Kier alpha value is -11.4. The van der Waals surface area contributed by atoms with Gasteiger partial charge in [0.1, 0.15) is 35.0 Å². The summed E-state index contributed by atoms with van der Waals surface area (Å²) in [5, 5.41) is 23.4. The SMILES string of the molecule is CN(C)C(=N)c1ccc(C(=O)Nc2ccc(C(F)(F)F)cc2C(=O)Nc2ccc(Br)cn2)cc1.CN1CCN=C1c1ccc(C(=O)Nc2ccc(C(F)(F)F)cc2C(=O)Nc2ccc(Br)cn2)cc1.COc1cc(NC(=O)c2ccc(C3=NCCN3C)cc2)c(C(=O)Nc2ccc(Br)cn2)cc1OC. The van der Waals surface area contributed by atoms with E-state index in [0.717, 1.165) is 71.2 Å². The topological polar surface area (TPSA) is 290 Å². The number of pyridine rings is 3. The molecule has 0 saturated heterocycles. The summed E-state index contributed by atoms with van der Waals surface area (Å²) < 4.78 is 92.5. The summed E-state index contributed by atoms with van der Waals surface area (Å²) in [6.45, 7) is 3.14. The molecule has 11 rings (SSSR count). The third-order valence-corrected chi connectivity index (χ3v) is 16.8. The number of hydrogen-bond acceptors (Lipinski definition) is 16. The Balaban J connectivity index is 0.000000181. The highest BCUT2D eigenvalue weighted by molar-refractivity contribution is 9.11. The van der Waals surface area contributed by atoms with Gasteiger partial charge in [-0.05, 0) is 163 Å². The quantitative estimate of drug-likeness (QED) is 0.0254. The zero-order valence-corrected chi connectivity index (χ0v) is 60.6. The molecule has 0 atom stereocenters. The number of methoxy groups -OCH3 is 2. The highest BCUT2D eigenvalue weighted by Gasteiger charge is 2.34. The van der Waals surface area contributed by atoms with Crippen LogP contribution in [0.5, 0.6) is 11.5 Å². The van der Waals surface area contributed by atoms with Gasteiger partial charge in [0.05, 0.1) is 72.2 Å². The fourth-order valence-electron chi connectivity index (χ4n) is 9.96. The van der Waals surface area contributed by atoms with Gasteiger partial charge >= 0.3 is 12.4 Å². The molecule has 104 heavy (non-hydrogen) atoms. The number of anilines is 6. The first-order chi connectivity index (χ1) is 49.5. The van der Waals surface area contributed by atoms with E-state index in [9.17, 15) is 55.1 Å². The number of alkyl halides is 6. The fraction of sp³-hybridized carbons (Fsp3) is 0.167. The standard InChI is InChI=1S/C25H24BrN5O4.C24H19BrF3N5O2.C23H19BrF3N5O2/c1-31-11-10-27-23(31)15-4-6-16(7-5-15)24(32)29-19-13-21(35-3)20(34-2)12-18(19)25(33)30-22-9-8-17(26)14-28-22;1-33-11-10-29-21(33)14-2-4-15(5-3-14)22(34)31-19-8-6-16(24(26,27)28)12-18(19)23(35)32-20-9-7-17(25)13-30-20;1-32(2)20(28)13-3-5-14(6-4-13)21(33)30-18-9-7-15(23(25,26)27)11-17(18)22(34)31-19-10-8-16(24)12-29-19/h4-9,12-14H,10-11H2,1-3H3,(H,29,32)(H,28,30,33);2-9,12-13H,10-11H2,1H3,(H,31,34)(H,30,32,35);3-12,28H,1-2H3,(H,30,33)(H,29,31,34). The minimum absolute atomic E-state index is 0.0680. The average molecular weight is 1620 g/mol. The van der Waals surface area contributed by atoms with E-state index in [4.69, 9.17) is 14.9 Å². The number of nitrogens with zero attached hydrogens (tertiary/aromatic N) is 8. The monoisotopic (exact) mass is 1620 g/mol.